The second kappa shape index (κ2) is 7.43. The number of nitrogens with zero attached hydrogens (tertiary/aromatic N) is 1. The van der Waals surface area contributed by atoms with Gasteiger partial charge in [0.25, 0.3) is 0 Å². The third kappa shape index (κ3) is 5.27. The lowest BCUT2D eigenvalue weighted by molar-refractivity contribution is -0.274. The topological polar surface area (TPSA) is 70.7 Å². The summed E-state index contributed by atoms with van der Waals surface area (Å²) >= 11 is 0. The van der Waals surface area contributed by atoms with Crippen molar-refractivity contribution in [3.8, 4) is 5.75 Å². The molecule has 0 radical (unpaired) electrons. The van der Waals surface area contributed by atoms with Crippen LogP contribution < -0.4 is 15.4 Å². The summed E-state index contributed by atoms with van der Waals surface area (Å²) in [5, 5.41) is 5.62. The average molecular weight is 371 g/mol. The van der Waals surface area contributed by atoms with Crippen LogP contribution in [0.15, 0.2) is 24.3 Å². The first-order valence-corrected chi connectivity index (χ1v) is 8.52. The van der Waals surface area contributed by atoms with Crippen molar-refractivity contribution in [2.24, 2.45) is 5.92 Å². The summed E-state index contributed by atoms with van der Waals surface area (Å²) in [6.45, 7) is 1.02. The van der Waals surface area contributed by atoms with E-state index in [9.17, 15) is 22.8 Å². The monoisotopic (exact) mass is 371 g/mol. The molecule has 9 heteroatoms. The van der Waals surface area contributed by atoms with E-state index < -0.39 is 6.36 Å². The van der Waals surface area contributed by atoms with Gasteiger partial charge in [-0.2, -0.15) is 0 Å². The summed E-state index contributed by atoms with van der Waals surface area (Å²) in [7, 11) is 0. The lowest BCUT2D eigenvalue weighted by Crippen LogP contribution is -2.46. The van der Waals surface area contributed by atoms with Gasteiger partial charge in [-0.3, -0.25) is 4.79 Å². The molecule has 26 heavy (non-hydrogen) atoms. The molecule has 1 saturated heterocycles. The van der Waals surface area contributed by atoms with Gasteiger partial charge in [0.05, 0.1) is 0 Å². The molecule has 1 aliphatic heterocycles. The molecule has 1 aromatic rings. The standard InChI is InChI=1S/C17H20F3N3O3/c18-17(19,20)26-14-5-3-12(4-6-14)21-15(24)11-7-9-23(10-8-11)16(25)22-13-1-2-13/h3-6,11,13H,1-2,7-10H2,(H,21,24)(H,22,25). The van der Waals surface area contributed by atoms with Crippen LogP contribution >= 0.6 is 0 Å². The fraction of sp³-hybridized carbons (Fsp3) is 0.529. The molecule has 1 aliphatic carbocycles. The minimum atomic E-state index is -4.75. The van der Waals surface area contributed by atoms with Crippen molar-refractivity contribution in [2.75, 3.05) is 18.4 Å². The third-order valence-corrected chi connectivity index (χ3v) is 4.41. The molecule has 1 saturated carbocycles. The van der Waals surface area contributed by atoms with E-state index in [-0.39, 0.29) is 23.6 Å². The van der Waals surface area contributed by atoms with E-state index in [1.807, 2.05) is 0 Å². The Morgan fingerprint density at radius 2 is 1.65 bits per heavy atom. The van der Waals surface area contributed by atoms with E-state index in [2.05, 4.69) is 15.4 Å². The number of ether oxygens (including phenoxy) is 1. The van der Waals surface area contributed by atoms with Gasteiger partial charge in [-0.15, -0.1) is 13.2 Å². The molecule has 142 valence electrons. The zero-order valence-electron chi connectivity index (χ0n) is 14.0. The quantitative estimate of drug-likeness (QED) is 0.854. The molecule has 0 aromatic heterocycles. The molecule has 6 nitrogen and oxygen atoms in total. The number of alkyl halides is 3. The third-order valence-electron chi connectivity index (χ3n) is 4.41. The molecule has 0 unspecified atom stereocenters. The van der Waals surface area contributed by atoms with Crippen molar-refractivity contribution in [3.63, 3.8) is 0 Å². The Hall–Kier alpha value is -2.45. The highest BCUT2D eigenvalue weighted by molar-refractivity contribution is 5.92. The van der Waals surface area contributed by atoms with Crippen LogP contribution in [0.2, 0.25) is 0 Å². The second-order valence-electron chi connectivity index (χ2n) is 6.55. The number of likely N-dealkylation sites (tertiary alicyclic amines) is 1. The van der Waals surface area contributed by atoms with E-state index in [4.69, 9.17) is 0 Å². The van der Waals surface area contributed by atoms with Crippen LogP contribution in [0.5, 0.6) is 5.75 Å². The van der Waals surface area contributed by atoms with Gasteiger partial charge < -0.3 is 20.3 Å². The van der Waals surface area contributed by atoms with Crippen LogP contribution in [0, 0.1) is 5.92 Å². The number of hydrogen-bond acceptors (Lipinski definition) is 3. The van der Waals surface area contributed by atoms with E-state index in [0.29, 0.717) is 37.7 Å². The van der Waals surface area contributed by atoms with Crippen molar-refractivity contribution < 1.29 is 27.5 Å². The molecular formula is C17H20F3N3O3. The summed E-state index contributed by atoms with van der Waals surface area (Å²) in [5.41, 5.74) is 0.401. The highest BCUT2D eigenvalue weighted by atomic mass is 19.4. The van der Waals surface area contributed by atoms with Gasteiger partial charge in [-0.05, 0) is 49.9 Å². The highest BCUT2D eigenvalue weighted by Gasteiger charge is 2.32. The minimum absolute atomic E-state index is 0.0772. The molecule has 2 fully saturated rings. The summed E-state index contributed by atoms with van der Waals surface area (Å²) in [5.74, 6) is -0.770. The first kappa shape index (κ1) is 18.3. The summed E-state index contributed by atoms with van der Waals surface area (Å²) in [4.78, 5) is 26.0. The van der Waals surface area contributed by atoms with Gasteiger partial charge in [0.1, 0.15) is 5.75 Å². The molecule has 3 rings (SSSR count). The first-order chi connectivity index (χ1) is 12.3. The van der Waals surface area contributed by atoms with Gasteiger partial charge in [0.15, 0.2) is 0 Å². The van der Waals surface area contributed by atoms with E-state index in [0.717, 1.165) is 25.0 Å². The number of rotatable bonds is 4. The van der Waals surface area contributed by atoms with Gasteiger partial charge in [0.2, 0.25) is 5.91 Å². The van der Waals surface area contributed by atoms with E-state index in [1.54, 1.807) is 4.90 Å². The summed E-state index contributed by atoms with van der Waals surface area (Å²) in [6.07, 6.45) is -1.59. The predicted molar refractivity (Wildman–Crippen MR) is 87.6 cm³/mol. The maximum atomic E-state index is 12.3. The lowest BCUT2D eigenvalue weighted by atomic mass is 9.96. The number of hydrogen-bond donors (Lipinski definition) is 2. The number of anilines is 1. The molecule has 0 atom stereocenters. The molecule has 2 N–H and O–H groups in total. The number of halogens is 3. The second-order valence-corrected chi connectivity index (χ2v) is 6.55. The van der Waals surface area contributed by atoms with Gasteiger partial charge >= 0.3 is 12.4 Å². The molecule has 1 heterocycles. The number of amides is 3. The Kier molecular flexibility index (Phi) is 5.24. The van der Waals surface area contributed by atoms with Gasteiger partial charge in [-0.25, -0.2) is 4.79 Å². The Morgan fingerprint density at radius 1 is 1.04 bits per heavy atom. The maximum Gasteiger partial charge on any atom is 0.573 e. The molecule has 1 aromatic carbocycles. The molecular weight excluding hydrogens is 351 g/mol. The lowest BCUT2D eigenvalue weighted by Gasteiger charge is -2.31. The molecule has 2 aliphatic rings. The van der Waals surface area contributed by atoms with Gasteiger partial charge in [-0.1, -0.05) is 0 Å². The fourth-order valence-corrected chi connectivity index (χ4v) is 2.82. The van der Waals surface area contributed by atoms with Crippen molar-refractivity contribution >= 4 is 17.6 Å². The Labute approximate surface area is 148 Å². The smallest absolute Gasteiger partial charge is 0.406 e. The Balaban J connectivity index is 1.45. The zero-order valence-corrected chi connectivity index (χ0v) is 14.0. The number of carbonyl (C=O) groups is 2. The highest BCUT2D eigenvalue weighted by Crippen LogP contribution is 2.25. The Bertz CT molecular complexity index is 651. The van der Waals surface area contributed by atoms with Crippen molar-refractivity contribution in [1.29, 1.82) is 0 Å². The molecule has 0 spiro atoms. The number of benzene rings is 1. The molecule has 3 amide bonds. The van der Waals surface area contributed by atoms with Crippen LogP contribution in [-0.2, 0) is 4.79 Å². The SMILES string of the molecule is O=C(Nc1ccc(OC(F)(F)F)cc1)C1CCN(C(=O)NC2CC2)CC1. The van der Waals surface area contributed by atoms with Crippen LogP contribution in [0.25, 0.3) is 0 Å². The van der Waals surface area contributed by atoms with Crippen LogP contribution in [-0.4, -0.2) is 42.3 Å². The van der Waals surface area contributed by atoms with Crippen LogP contribution in [0.4, 0.5) is 23.7 Å². The number of nitrogens with one attached hydrogen (secondary N) is 2. The predicted octanol–water partition coefficient (Wildman–Crippen LogP) is 3.11. The molecule has 0 bridgehead atoms. The minimum Gasteiger partial charge on any atom is -0.406 e. The maximum absolute atomic E-state index is 12.3. The number of piperidine rings is 1. The van der Waals surface area contributed by atoms with Crippen molar-refractivity contribution in [1.82, 2.24) is 10.2 Å². The normalized spacial score (nSPS) is 18.3. The van der Waals surface area contributed by atoms with Crippen molar-refractivity contribution in [3.05, 3.63) is 24.3 Å². The van der Waals surface area contributed by atoms with E-state index in [1.165, 1.54) is 12.1 Å². The van der Waals surface area contributed by atoms with E-state index >= 15 is 0 Å². The van der Waals surface area contributed by atoms with Gasteiger partial charge in [0, 0.05) is 30.7 Å². The van der Waals surface area contributed by atoms with Crippen molar-refractivity contribution in [2.45, 2.75) is 38.1 Å². The van der Waals surface area contributed by atoms with Crippen LogP contribution in [0.3, 0.4) is 0 Å². The summed E-state index contributed by atoms with van der Waals surface area (Å²) < 4.78 is 40.2. The fourth-order valence-electron chi connectivity index (χ4n) is 2.82. The average Bonchev–Trinajstić information content (AvgIpc) is 3.39. The number of urea groups is 1. The van der Waals surface area contributed by atoms with Crippen LogP contribution in [0.1, 0.15) is 25.7 Å². The first-order valence-electron chi connectivity index (χ1n) is 8.52. The Morgan fingerprint density at radius 3 is 2.19 bits per heavy atom. The number of carbonyl (C=O) groups excluding carboxylic acids is 2. The largest absolute Gasteiger partial charge is 0.573 e. The zero-order chi connectivity index (χ0) is 18.7. The summed E-state index contributed by atoms with van der Waals surface area (Å²) in [6, 6.07) is 5.23.